The molecule has 28 heteroatoms. The number of unbranched alkanes of at least 4 members (excludes halogenated alkanes) is 1. The summed E-state index contributed by atoms with van der Waals surface area (Å²) in [6, 6.07) is 29.3. The molecule has 0 radical (unpaired) electrons. The van der Waals surface area contributed by atoms with Crippen LogP contribution in [0.15, 0.2) is 162 Å². The number of nitrogens with one attached hydrogen (secondary N) is 1. The number of anilines is 2. The minimum Gasteiger partial charge on any atom is -0.618 e. The Bertz CT molecular complexity index is 2960. The molecule has 0 aliphatic carbocycles. The van der Waals surface area contributed by atoms with Crippen molar-refractivity contribution in [3.8, 4) is 0 Å². The normalized spacial score (nSPS) is 11.3. The summed E-state index contributed by atoms with van der Waals surface area (Å²) >= 11 is 14.7. The van der Waals surface area contributed by atoms with Crippen molar-refractivity contribution in [1.82, 2.24) is 15.0 Å². The Morgan fingerprint density at radius 3 is 1.77 bits per heavy atom. The largest absolute Gasteiger partial charge is 0.618 e. The van der Waals surface area contributed by atoms with Gasteiger partial charge < -0.3 is 15.7 Å². The summed E-state index contributed by atoms with van der Waals surface area (Å²) in [5.41, 5.74) is -3.41. The molecule has 0 atom stereocenters. The van der Waals surface area contributed by atoms with Crippen molar-refractivity contribution in [1.29, 1.82) is 0 Å². The fraction of sp³-hybridized carbons (Fsp3) is 0.224. The maximum Gasteiger partial charge on any atom is 0.418 e. The van der Waals surface area contributed by atoms with E-state index in [-0.39, 0.29) is 31.2 Å². The van der Waals surface area contributed by atoms with E-state index >= 15 is 0 Å². The minimum atomic E-state index is -5.27. The quantitative estimate of drug-likeness (QED) is 0.0131. The van der Waals surface area contributed by atoms with E-state index in [1.807, 2.05) is 65.4 Å². The molecule has 5 heterocycles. The Morgan fingerprint density at radius 2 is 1.32 bits per heavy atom. The van der Waals surface area contributed by atoms with Gasteiger partial charge in [0, 0.05) is 82.5 Å². The molecule has 0 aliphatic heterocycles. The number of pyridine rings is 5. The van der Waals surface area contributed by atoms with Gasteiger partial charge in [-0.2, -0.15) is 49.3 Å². The number of nitro groups is 2. The first-order valence-electron chi connectivity index (χ1n) is 22.0. The topological polar surface area (TPSA) is 203 Å². The zero-order chi connectivity index (χ0) is 56.1. The van der Waals surface area contributed by atoms with Crippen LogP contribution >= 0.6 is 81.8 Å². The predicted molar refractivity (Wildman–Crippen MR) is 300 cm³/mol. The highest BCUT2D eigenvalue weighted by Gasteiger charge is 2.42. The molecule has 410 valence electrons. The fourth-order valence-electron chi connectivity index (χ4n) is 5.61. The lowest BCUT2D eigenvalue weighted by atomic mass is 9.87. The molecular weight excluding hydrogens is 1160 g/mol. The number of halogens is 8. The van der Waals surface area contributed by atoms with E-state index in [0.717, 1.165) is 31.0 Å². The van der Waals surface area contributed by atoms with Gasteiger partial charge in [-0.3, -0.25) is 30.2 Å². The summed E-state index contributed by atoms with van der Waals surface area (Å²) in [5.74, 6) is 1.34. The molecule has 15 nitrogen and oxygen atoms in total. The van der Waals surface area contributed by atoms with Crippen LogP contribution in [0.5, 0.6) is 0 Å². The first-order valence-corrected chi connectivity index (χ1v) is 26.9. The van der Waals surface area contributed by atoms with Gasteiger partial charge in [-0.1, -0.05) is 111 Å². The molecule has 7 rings (SSSR count). The van der Waals surface area contributed by atoms with Gasteiger partial charge in [0.1, 0.15) is 15.2 Å². The third-order valence-corrected chi connectivity index (χ3v) is 14.8. The molecular formula is C49H47Cl2F6N9O6S5. The summed E-state index contributed by atoms with van der Waals surface area (Å²) in [4.78, 5) is 35.6. The first kappa shape index (κ1) is 65.3. The molecule has 0 saturated carbocycles. The number of hydrogen-bond donors (Lipinski definition) is 1. The van der Waals surface area contributed by atoms with E-state index in [1.54, 1.807) is 55.0 Å². The van der Waals surface area contributed by atoms with E-state index in [4.69, 9.17) is 28.2 Å². The zero-order valence-corrected chi connectivity index (χ0v) is 46.6. The van der Waals surface area contributed by atoms with Gasteiger partial charge in [0.05, 0.1) is 37.9 Å². The Balaban J connectivity index is 0.000000294. The predicted octanol–water partition coefficient (Wildman–Crippen LogP) is 15.8. The lowest BCUT2D eigenvalue weighted by Crippen LogP contribution is -2.28. The molecule has 0 unspecified atom stereocenters. The van der Waals surface area contributed by atoms with Crippen molar-refractivity contribution in [2.75, 3.05) is 11.1 Å². The van der Waals surface area contributed by atoms with Crippen LogP contribution in [0.25, 0.3) is 0 Å². The number of aromatic nitrogens is 5. The third-order valence-electron chi connectivity index (χ3n) is 9.44. The summed E-state index contributed by atoms with van der Waals surface area (Å²) in [7, 11) is 2.52. The second-order valence-electron chi connectivity index (χ2n) is 16.1. The lowest BCUT2D eigenvalue weighted by molar-refractivity contribution is -0.646. The van der Waals surface area contributed by atoms with Crippen LogP contribution in [0.2, 0.25) is 10.0 Å². The summed E-state index contributed by atoms with van der Waals surface area (Å²) < 4.78 is 79.7. The number of nitrogens with zero attached hydrogens (tertiary/aromatic N) is 8. The number of hydrogen-bond acceptors (Lipinski definition) is 15. The molecule has 0 bridgehead atoms. The van der Waals surface area contributed by atoms with Crippen molar-refractivity contribution >= 4 is 115 Å². The van der Waals surface area contributed by atoms with Gasteiger partial charge >= 0.3 is 23.7 Å². The van der Waals surface area contributed by atoms with Crippen LogP contribution in [0.3, 0.4) is 0 Å². The van der Waals surface area contributed by atoms with Crippen molar-refractivity contribution < 1.29 is 45.6 Å². The number of benzene rings is 2. The molecule has 0 saturated heterocycles. The van der Waals surface area contributed by atoms with Crippen molar-refractivity contribution in [3.63, 3.8) is 0 Å². The zero-order valence-electron chi connectivity index (χ0n) is 40.9. The summed E-state index contributed by atoms with van der Waals surface area (Å²) in [5, 5.41) is 45.9. The van der Waals surface area contributed by atoms with Crippen molar-refractivity contribution in [2.45, 2.75) is 74.1 Å². The first-order chi connectivity index (χ1) is 35.9. The Labute approximate surface area is 472 Å². The van der Waals surface area contributed by atoms with Crippen LogP contribution in [0.4, 0.5) is 54.9 Å². The SMILES string of the molecule is CCCCSC(=Nc1cccnc1)SCc1ccc(C(C)(C)C)cc1.O=[N+]([O-])c1cc(C(F)(F)F)c(Cl)c([N+](=O)[O-])c1Nc1ncc(C(F)(F)F)cc1Cl.S.[O-][n+]1ccccc1SSc1cccc[n+]1[O-].c1ccncc1. The average molecular weight is 1200 g/mol. The maximum atomic E-state index is 13.0. The Kier molecular flexibility index (Phi) is 26.6. The molecule has 0 aliphatic rings. The van der Waals surface area contributed by atoms with Crippen LogP contribution in [0, 0.1) is 30.6 Å². The molecule has 7 aromatic rings. The van der Waals surface area contributed by atoms with Gasteiger partial charge in [0.25, 0.3) is 10.1 Å². The van der Waals surface area contributed by atoms with Gasteiger partial charge in [0.15, 0.2) is 18.1 Å². The van der Waals surface area contributed by atoms with Crippen LogP contribution < -0.4 is 14.8 Å². The molecule has 1 N–H and O–H groups in total. The second-order valence-corrected chi connectivity index (χ2v) is 21.4. The highest BCUT2D eigenvalue weighted by molar-refractivity contribution is 8.76. The van der Waals surface area contributed by atoms with E-state index in [0.29, 0.717) is 16.1 Å². The molecule has 0 fully saturated rings. The Hall–Kier alpha value is -6.03. The van der Waals surface area contributed by atoms with Crippen LogP contribution in [-0.4, -0.2) is 34.9 Å². The standard InChI is InChI=1S/C21H28N2S2.C13H4Cl2F6N4O4.C10H8N2O2S2.C5H5N.H2S/c1-5-6-14-24-20(23-19-8-7-13-22-15-19)25-16-17-9-11-18(12-10-17)21(2,3)4;14-6-1-4(12(16,17)18)3-22-11(6)23-9-7(24(26)27)2-5(13(19,20)21)8(15)10(9)25(28)29;13-11-7-3-1-5-9(11)15-16-10-6-2-4-8-12(10)14;1-2-4-6-5-3-1;/h7-13,15H,5-6,14,16H2,1-4H3;1-3H,(H,22,23);1-8H;1-5H;1H2. The summed E-state index contributed by atoms with van der Waals surface area (Å²) in [6.07, 6.45) is 2.55. The molecule has 0 spiro atoms. The molecule has 77 heavy (non-hydrogen) atoms. The van der Waals surface area contributed by atoms with E-state index in [1.165, 1.54) is 58.0 Å². The molecule has 2 aromatic carbocycles. The van der Waals surface area contributed by atoms with Gasteiger partial charge in [-0.15, -0.1) is 0 Å². The van der Waals surface area contributed by atoms with E-state index in [2.05, 4.69) is 66.9 Å². The van der Waals surface area contributed by atoms with Gasteiger partial charge in [0.2, 0.25) is 0 Å². The third kappa shape index (κ3) is 21.7. The molecule has 0 amide bonds. The second kappa shape index (κ2) is 31.4. The van der Waals surface area contributed by atoms with Gasteiger partial charge in [-0.25, -0.2) is 9.98 Å². The number of alkyl halides is 6. The highest BCUT2D eigenvalue weighted by atomic mass is 35.5. The average Bonchev–Trinajstić information content (AvgIpc) is 3.37. The monoisotopic (exact) mass is 1200 g/mol. The lowest BCUT2D eigenvalue weighted by Gasteiger charge is -2.19. The van der Waals surface area contributed by atoms with Crippen molar-refractivity contribution in [3.05, 3.63) is 209 Å². The fourth-order valence-corrected chi connectivity index (χ4v) is 10.3. The summed E-state index contributed by atoms with van der Waals surface area (Å²) in [6.45, 7) is 8.97. The minimum absolute atomic E-state index is 0. The number of nitro benzene ring substituents is 2. The van der Waals surface area contributed by atoms with Gasteiger partial charge in [-0.05, 0) is 71.2 Å². The van der Waals surface area contributed by atoms with Crippen molar-refractivity contribution in [2.24, 2.45) is 4.99 Å². The highest BCUT2D eigenvalue weighted by Crippen LogP contribution is 2.49. The Morgan fingerprint density at radius 1 is 0.727 bits per heavy atom. The molecule has 5 aromatic heterocycles. The van der Waals surface area contributed by atoms with E-state index < -0.39 is 66.3 Å². The van der Waals surface area contributed by atoms with Crippen LogP contribution in [0.1, 0.15) is 62.8 Å². The number of thioether (sulfide) groups is 2. The smallest absolute Gasteiger partial charge is 0.418 e. The number of aliphatic imine (C=N–C) groups is 1. The van der Waals surface area contributed by atoms with Crippen LogP contribution in [-0.2, 0) is 23.5 Å². The number of rotatable bonds is 13. The van der Waals surface area contributed by atoms with E-state index in [9.17, 15) is 57.0 Å². The maximum absolute atomic E-state index is 13.0.